The average Bonchev–Trinajstić information content (AvgIpc) is 2.87. The van der Waals surface area contributed by atoms with Crippen LogP contribution in [-0.2, 0) is 4.79 Å². The minimum Gasteiger partial charge on any atom is -0.509 e. The van der Waals surface area contributed by atoms with E-state index in [-0.39, 0.29) is 17.5 Å². The molecule has 1 heterocycles. The van der Waals surface area contributed by atoms with Gasteiger partial charge in [0.15, 0.2) is 0 Å². The molecule has 1 aliphatic heterocycles. The van der Waals surface area contributed by atoms with E-state index in [1.165, 1.54) is 12.1 Å². The molecule has 1 saturated carbocycles. The van der Waals surface area contributed by atoms with Gasteiger partial charge in [0.2, 0.25) is 0 Å². The molecule has 0 unspecified atom stereocenters. The molecule has 2 N–H and O–H groups in total. The van der Waals surface area contributed by atoms with Crippen LogP contribution in [0.25, 0.3) is 16.7 Å². The van der Waals surface area contributed by atoms with Crippen LogP contribution in [0.2, 0.25) is 0 Å². The highest BCUT2D eigenvalue weighted by atomic mass is 19.1. The zero-order chi connectivity index (χ0) is 18.3. The molecule has 4 heteroatoms. The van der Waals surface area contributed by atoms with Crippen molar-refractivity contribution >= 4 is 11.5 Å². The first kappa shape index (κ1) is 16.8. The Morgan fingerprint density at radius 2 is 1.65 bits per heavy atom. The molecule has 26 heavy (non-hydrogen) atoms. The Bertz CT molecular complexity index is 893. The Kier molecular flexibility index (Phi) is 4.06. The lowest BCUT2D eigenvalue weighted by Gasteiger charge is -2.33. The first-order chi connectivity index (χ1) is 12.5. The summed E-state index contributed by atoms with van der Waals surface area (Å²) in [6, 6.07) is 12.1. The molecule has 134 valence electrons. The molecule has 4 rings (SSSR count). The quantitative estimate of drug-likeness (QED) is 0.808. The Hall–Kier alpha value is -2.62. The molecule has 1 aliphatic carbocycles. The summed E-state index contributed by atoms with van der Waals surface area (Å²) in [5.41, 5.74) is 3.23. The number of aryl methyl sites for hydroxylation is 1. The number of rotatable bonds is 2. The van der Waals surface area contributed by atoms with Gasteiger partial charge in [-0.15, -0.1) is 0 Å². The van der Waals surface area contributed by atoms with E-state index in [9.17, 15) is 14.3 Å². The molecule has 0 radical (unpaired) electrons. The van der Waals surface area contributed by atoms with Gasteiger partial charge in [-0.3, -0.25) is 4.79 Å². The number of aliphatic hydroxyl groups excluding tert-OH is 1. The van der Waals surface area contributed by atoms with Gasteiger partial charge in [-0.1, -0.05) is 43.5 Å². The summed E-state index contributed by atoms with van der Waals surface area (Å²) in [7, 11) is 0. The Balaban J connectivity index is 1.80. The topological polar surface area (TPSA) is 49.3 Å². The van der Waals surface area contributed by atoms with E-state index in [4.69, 9.17) is 0 Å². The smallest absolute Gasteiger partial charge is 0.256 e. The third-order valence-corrected chi connectivity index (χ3v) is 5.66. The van der Waals surface area contributed by atoms with Crippen LogP contribution in [-0.4, -0.2) is 16.6 Å². The number of carbonyl (C=O) groups is 1. The molecule has 2 aromatic rings. The normalized spacial score (nSPS) is 19.1. The molecule has 0 atom stereocenters. The molecule has 0 bridgehead atoms. The van der Waals surface area contributed by atoms with Crippen LogP contribution in [0.5, 0.6) is 0 Å². The van der Waals surface area contributed by atoms with Crippen LogP contribution in [0.15, 0.2) is 48.2 Å². The summed E-state index contributed by atoms with van der Waals surface area (Å²) in [5.74, 6) is -0.304. The summed E-state index contributed by atoms with van der Waals surface area (Å²) in [6.45, 7) is 1.93. The van der Waals surface area contributed by atoms with Crippen molar-refractivity contribution in [3.63, 3.8) is 0 Å². The van der Waals surface area contributed by atoms with Gasteiger partial charge < -0.3 is 10.4 Å². The molecule has 2 aliphatic rings. The maximum Gasteiger partial charge on any atom is 0.256 e. The lowest BCUT2D eigenvalue weighted by molar-refractivity contribution is -0.116. The molecule has 1 spiro atoms. The largest absolute Gasteiger partial charge is 0.509 e. The maximum absolute atomic E-state index is 13.2. The van der Waals surface area contributed by atoms with Crippen LogP contribution < -0.4 is 5.32 Å². The Labute approximate surface area is 152 Å². The maximum atomic E-state index is 13.2. The second kappa shape index (κ2) is 6.27. The van der Waals surface area contributed by atoms with Gasteiger partial charge in [-0.25, -0.2) is 4.39 Å². The van der Waals surface area contributed by atoms with Crippen molar-refractivity contribution in [2.75, 3.05) is 0 Å². The first-order valence-corrected chi connectivity index (χ1v) is 9.13. The van der Waals surface area contributed by atoms with Crippen LogP contribution in [0, 0.1) is 12.7 Å². The van der Waals surface area contributed by atoms with Gasteiger partial charge in [-0.05, 0) is 60.2 Å². The summed E-state index contributed by atoms with van der Waals surface area (Å²) in [5, 5.41) is 14.0. The minimum atomic E-state index is -0.594. The molecule has 3 nitrogen and oxygen atoms in total. The zero-order valence-corrected chi connectivity index (χ0v) is 14.8. The Morgan fingerprint density at radius 1 is 1.00 bits per heavy atom. The molecule has 2 aromatic carbocycles. The Morgan fingerprint density at radius 3 is 2.35 bits per heavy atom. The lowest BCUT2D eigenvalue weighted by atomic mass is 9.80. The summed E-state index contributed by atoms with van der Waals surface area (Å²) >= 11 is 0. The third kappa shape index (κ3) is 2.70. The van der Waals surface area contributed by atoms with Gasteiger partial charge in [0, 0.05) is 0 Å². The van der Waals surface area contributed by atoms with Crippen LogP contribution >= 0.6 is 0 Å². The molecule has 0 aromatic heterocycles. The first-order valence-electron chi connectivity index (χ1n) is 9.13. The van der Waals surface area contributed by atoms with Crippen molar-refractivity contribution in [3.8, 4) is 11.1 Å². The fraction of sp³-hybridized carbons (Fsp3) is 0.318. The van der Waals surface area contributed by atoms with E-state index in [2.05, 4.69) is 5.32 Å². The van der Waals surface area contributed by atoms with Gasteiger partial charge in [-0.2, -0.15) is 0 Å². The SMILES string of the molecule is Cc1ccc(-c2ccc(F)cc2)cc1C1=C(O)C2(CCCCC2)NC1=O. The fourth-order valence-corrected chi connectivity index (χ4v) is 4.17. The highest BCUT2D eigenvalue weighted by Gasteiger charge is 2.46. The number of amides is 1. The second-order valence-electron chi connectivity index (χ2n) is 7.36. The zero-order valence-electron chi connectivity index (χ0n) is 14.8. The predicted molar refractivity (Wildman–Crippen MR) is 100 cm³/mol. The van der Waals surface area contributed by atoms with E-state index in [0.29, 0.717) is 5.57 Å². The molecule has 0 saturated heterocycles. The molecule has 1 fully saturated rings. The average molecular weight is 351 g/mol. The number of hydrogen-bond acceptors (Lipinski definition) is 2. The molecule has 1 amide bonds. The van der Waals surface area contributed by atoms with Crippen LogP contribution in [0.1, 0.15) is 43.2 Å². The molecular weight excluding hydrogens is 329 g/mol. The van der Waals surface area contributed by atoms with Gasteiger partial charge in [0.25, 0.3) is 5.91 Å². The van der Waals surface area contributed by atoms with Crippen LogP contribution in [0.4, 0.5) is 4.39 Å². The highest BCUT2D eigenvalue weighted by Crippen LogP contribution is 2.42. The van der Waals surface area contributed by atoms with Crippen LogP contribution in [0.3, 0.4) is 0 Å². The van der Waals surface area contributed by atoms with Crippen molar-refractivity contribution in [1.29, 1.82) is 0 Å². The highest BCUT2D eigenvalue weighted by molar-refractivity contribution is 6.23. The minimum absolute atomic E-state index is 0.182. The number of aliphatic hydroxyl groups is 1. The van der Waals surface area contributed by atoms with E-state index >= 15 is 0 Å². The summed E-state index contributed by atoms with van der Waals surface area (Å²) in [6.07, 6.45) is 4.72. The fourth-order valence-electron chi connectivity index (χ4n) is 4.17. The second-order valence-corrected chi connectivity index (χ2v) is 7.36. The van der Waals surface area contributed by atoms with Gasteiger partial charge in [0.1, 0.15) is 11.6 Å². The lowest BCUT2D eigenvalue weighted by Crippen LogP contribution is -2.46. The number of carbonyl (C=O) groups excluding carboxylic acids is 1. The number of nitrogens with one attached hydrogen (secondary N) is 1. The van der Waals surface area contributed by atoms with Gasteiger partial charge in [0.05, 0.1) is 11.1 Å². The number of halogens is 1. The predicted octanol–water partition coefficient (Wildman–Crippen LogP) is 4.90. The van der Waals surface area contributed by atoms with E-state index in [1.54, 1.807) is 12.1 Å². The molecular formula is C22H22FNO2. The summed E-state index contributed by atoms with van der Waals surface area (Å²) in [4.78, 5) is 12.7. The van der Waals surface area contributed by atoms with Crippen molar-refractivity contribution in [3.05, 3.63) is 65.2 Å². The van der Waals surface area contributed by atoms with Crippen molar-refractivity contribution in [2.45, 2.75) is 44.6 Å². The van der Waals surface area contributed by atoms with Gasteiger partial charge >= 0.3 is 0 Å². The van der Waals surface area contributed by atoms with E-state index < -0.39 is 5.54 Å². The number of hydrogen-bond donors (Lipinski definition) is 2. The monoisotopic (exact) mass is 351 g/mol. The van der Waals surface area contributed by atoms with E-state index in [1.807, 2.05) is 25.1 Å². The van der Waals surface area contributed by atoms with Crippen molar-refractivity contribution in [1.82, 2.24) is 5.32 Å². The van der Waals surface area contributed by atoms with E-state index in [0.717, 1.165) is 54.4 Å². The van der Waals surface area contributed by atoms with Crippen molar-refractivity contribution < 1.29 is 14.3 Å². The standard InChI is InChI=1S/C22H22FNO2/c1-14-5-6-16(15-7-9-17(23)10-8-15)13-18(14)19-20(25)22(24-21(19)26)11-3-2-4-12-22/h5-10,13,25H,2-4,11-12H2,1H3,(H,24,26). The third-order valence-electron chi connectivity index (χ3n) is 5.66. The summed E-state index contributed by atoms with van der Waals surface area (Å²) < 4.78 is 13.2. The van der Waals surface area contributed by atoms with Crippen molar-refractivity contribution in [2.24, 2.45) is 0 Å². The number of benzene rings is 2.